The van der Waals surface area contributed by atoms with Crippen molar-refractivity contribution in [1.29, 1.82) is 0 Å². The number of hydrogen-bond donors (Lipinski definition) is 1. The van der Waals surface area contributed by atoms with E-state index in [0.717, 1.165) is 12.1 Å². The van der Waals surface area contributed by atoms with Crippen LogP contribution in [0.4, 0.5) is 5.69 Å². The second-order valence-corrected chi connectivity index (χ2v) is 6.05. The lowest BCUT2D eigenvalue weighted by molar-refractivity contribution is 1.20. The molecule has 0 bridgehead atoms. The van der Waals surface area contributed by atoms with E-state index in [0.29, 0.717) is 0 Å². The molecule has 0 saturated carbocycles. The van der Waals surface area contributed by atoms with E-state index in [1.807, 2.05) is 12.1 Å². The number of anilines is 1. The highest BCUT2D eigenvalue weighted by molar-refractivity contribution is 6.18. The minimum Gasteiger partial charge on any atom is -0.398 e. The summed E-state index contributed by atoms with van der Waals surface area (Å²) in [6, 6.07) is 23.8. The van der Waals surface area contributed by atoms with E-state index < -0.39 is 0 Å². The first kappa shape index (κ1) is 11.8. The van der Waals surface area contributed by atoms with Crippen LogP contribution in [0.15, 0.2) is 66.7 Å². The van der Waals surface area contributed by atoms with E-state index in [2.05, 4.69) is 54.6 Å². The highest BCUT2D eigenvalue weighted by atomic mass is 14.6. The zero-order chi connectivity index (χ0) is 14.7. The van der Waals surface area contributed by atoms with Gasteiger partial charge in [0.05, 0.1) is 0 Å². The van der Waals surface area contributed by atoms with Gasteiger partial charge in [0.15, 0.2) is 0 Å². The zero-order valence-corrected chi connectivity index (χ0v) is 12.1. The molecule has 1 heteroatoms. The molecule has 0 aliphatic heterocycles. The van der Waals surface area contributed by atoms with Gasteiger partial charge in [0.25, 0.3) is 0 Å². The molecule has 22 heavy (non-hydrogen) atoms. The molecule has 1 aliphatic rings. The van der Waals surface area contributed by atoms with Gasteiger partial charge in [-0.2, -0.15) is 0 Å². The predicted octanol–water partition coefficient (Wildman–Crippen LogP) is 5.15. The van der Waals surface area contributed by atoms with Gasteiger partial charge in [-0.3, -0.25) is 0 Å². The van der Waals surface area contributed by atoms with Crippen LogP contribution in [0.2, 0.25) is 0 Å². The number of benzene rings is 4. The van der Waals surface area contributed by atoms with Gasteiger partial charge in [0.2, 0.25) is 0 Å². The molecule has 2 N–H and O–H groups in total. The van der Waals surface area contributed by atoms with Crippen LogP contribution >= 0.6 is 0 Å². The lowest BCUT2D eigenvalue weighted by Crippen LogP contribution is -2.02. The van der Waals surface area contributed by atoms with Crippen molar-refractivity contribution >= 4 is 27.2 Å². The topological polar surface area (TPSA) is 26.0 Å². The SMILES string of the molecule is Nc1cccc2cc3cccc4c3c(c12)-c1ccccc1C4. The molecular formula is C21H15N. The number of hydrogen-bond acceptors (Lipinski definition) is 1. The standard InChI is InChI=1S/C21H15N/c22-18-10-4-8-16-12-15-7-3-6-14-11-13-5-1-2-9-17(13)21(19(14)15)20(16)18/h1-10,12H,11,22H2. The molecule has 4 aromatic rings. The summed E-state index contributed by atoms with van der Waals surface area (Å²) in [4.78, 5) is 0. The summed E-state index contributed by atoms with van der Waals surface area (Å²) < 4.78 is 0. The summed E-state index contributed by atoms with van der Waals surface area (Å²) in [6.07, 6.45) is 0.999. The Labute approximate surface area is 129 Å². The normalized spacial score (nSPS) is 12.5. The molecule has 5 rings (SSSR count). The van der Waals surface area contributed by atoms with Crippen molar-refractivity contribution in [1.82, 2.24) is 0 Å². The Morgan fingerprint density at radius 2 is 1.41 bits per heavy atom. The fourth-order valence-corrected chi connectivity index (χ4v) is 3.88. The largest absolute Gasteiger partial charge is 0.398 e. The number of rotatable bonds is 0. The Hall–Kier alpha value is -2.80. The second-order valence-electron chi connectivity index (χ2n) is 6.05. The van der Waals surface area contributed by atoms with E-state index in [4.69, 9.17) is 5.73 Å². The van der Waals surface area contributed by atoms with E-state index in [9.17, 15) is 0 Å². The summed E-state index contributed by atoms with van der Waals surface area (Å²) in [7, 11) is 0. The minimum atomic E-state index is 0.862. The molecule has 1 nitrogen and oxygen atoms in total. The summed E-state index contributed by atoms with van der Waals surface area (Å²) in [5, 5.41) is 5.08. The molecule has 0 heterocycles. The molecule has 1 aliphatic carbocycles. The summed E-state index contributed by atoms with van der Waals surface area (Å²) in [5.41, 5.74) is 12.6. The van der Waals surface area contributed by atoms with Crippen molar-refractivity contribution in [3.63, 3.8) is 0 Å². The number of fused-ring (bicyclic) bond motifs is 4. The third-order valence-electron chi connectivity index (χ3n) is 4.79. The zero-order valence-electron chi connectivity index (χ0n) is 12.1. The van der Waals surface area contributed by atoms with Crippen molar-refractivity contribution in [2.24, 2.45) is 0 Å². The molecule has 104 valence electrons. The first-order valence-corrected chi connectivity index (χ1v) is 7.64. The summed E-state index contributed by atoms with van der Waals surface area (Å²) in [6.45, 7) is 0. The van der Waals surface area contributed by atoms with Crippen LogP contribution < -0.4 is 5.73 Å². The van der Waals surface area contributed by atoms with Crippen LogP contribution in [0.25, 0.3) is 32.7 Å². The molecule has 0 radical (unpaired) electrons. The van der Waals surface area contributed by atoms with Crippen LogP contribution in [-0.2, 0) is 6.42 Å². The third-order valence-corrected chi connectivity index (χ3v) is 4.79. The predicted molar refractivity (Wildman–Crippen MR) is 94.1 cm³/mol. The van der Waals surface area contributed by atoms with E-state index in [1.54, 1.807) is 0 Å². The maximum atomic E-state index is 6.35. The van der Waals surface area contributed by atoms with Gasteiger partial charge in [-0.25, -0.2) is 0 Å². The van der Waals surface area contributed by atoms with Gasteiger partial charge in [0, 0.05) is 11.1 Å². The van der Waals surface area contributed by atoms with Crippen LogP contribution in [0.1, 0.15) is 11.1 Å². The average Bonchev–Trinajstić information content (AvgIpc) is 2.55. The van der Waals surface area contributed by atoms with Crippen molar-refractivity contribution in [3.05, 3.63) is 77.9 Å². The van der Waals surface area contributed by atoms with Gasteiger partial charge in [-0.15, -0.1) is 0 Å². The Balaban J connectivity index is 2.13. The summed E-state index contributed by atoms with van der Waals surface area (Å²) in [5.74, 6) is 0. The lowest BCUT2D eigenvalue weighted by Gasteiger charge is -2.23. The molecular weight excluding hydrogens is 266 g/mol. The molecule has 0 amide bonds. The summed E-state index contributed by atoms with van der Waals surface area (Å²) >= 11 is 0. The van der Waals surface area contributed by atoms with E-state index in [1.165, 1.54) is 43.8 Å². The first-order chi connectivity index (χ1) is 10.8. The Morgan fingerprint density at radius 3 is 2.32 bits per heavy atom. The lowest BCUT2D eigenvalue weighted by atomic mass is 9.81. The molecule has 0 aromatic heterocycles. The van der Waals surface area contributed by atoms with Crippen LogP contribution in [0.5, 0.6) is 0 Å². The van der Waals surface area contributed by atoms with Crippen molar-refractivity contribution in [2.75, 3.05) is 5.73 Å². The van der Waals surface area contributed by atoms with Gasteiger partial charge >= 0.3 is 0 Å². The fraction of sp³-hybridized carbons (Fsp3) is 0.0476. The Kier molecular flexibility index (Phi) is 2.21. The maximum absolute atomic E-state index is 6.35. The van der Waals surface area contributed by atoms with Crippen LogP contribution in [0.3, 0.4) is 0 Å². The van der Waals surface area contributed by atoms with Crippen molar-refractivity contribution in [2.45, 2.75) is 6.42 Å². The number of nitrogen functional groups attached to an aromatic ring is 1. The molecule has 0 unspecified atom stereocenters. The van der Waals surface area contributed by atoms with Gasteiger partial charge in [-0.05, 0) is 57.0 Å². The molecule has 0 saturated heterocycles. The van der Waals surface area contributed by atoms with Crippen LogP contribution in [0, 0.1) is 0 Å². The van der Waals surface area contributed by atoms with Crippen molar-refractivity contribution in [3.8, 4) is 11.1 Å². The van der Waals surface area contributed by atoms with E-state index >= 15 is 0 Å². The van der Waals surface area contributed by atoms with Crippen LogP contribution in [-0.4, -0.2) is 0 Å². The molecule has 4 aromatic carbocycles. The molecule has 0 spiro atoms. The average molecular weight is 281 g/mol. The third kappa shape index (κ3) is 1.43. The smallest absolute Gasteiger partial charge is 0.0400 e. The minimum absolute atomic E-state index is 0.862. The highest BCUT2D eigenvalue weighted by Gasteiger charge is 2.21. The first-order valence-electron chi connectivity index (χ1n) is 7.64. The number of nitrogens with two attached hydrogens (primary N) is 1. The maximum Gasteiger partial charge on any atom is 0.0400 e. The van der Waals surface area contributed by atoms with Crippen molar-refractivity contribution < 1.29 is 0 Å². The monoisotopic (exact) mass is 281 g/mol. The van der Waals surface area contributed by atoms with Gasteiger partial charge in [-0.1, -0.05) is 54.6 Å². The molecule has 0 fully saturated rings. The quantitative estimate of drug-likeness (QED) is 0.308. The molecule has 0 atom stereocenters. The second kappa shape index (κ2) is 4.11. The highest BCUT2D eigenvalue weighted by Crippen LogP contribution is 2.45. The Bertz CT molecular complexity index is 1040. The van der Waals surface area contributed by atoms with E-state index in [-0.39, 0.29) is 0 Å². The Morgan fingerprint density at radius 1 is 0.682 bits per heavy atom. The van der Waals surface area contributed by atoms with Gasteiger partial charge < -0.3 is 5.73 Å². The fourth-order valence-electron chi connectivity index (χ4n) is 3.88. The van der Waals surface area contributed by atoms with Gasteiger partial charge in [0.1, 0.15) is 0 Å².